The number of para-hydroxylation sites is 2. The van der Waals surface area contributed by atoms with Crippen LogP contribution in [-0.2, 0) is 16.0 Å². The van der Waals surface area contributed by atoms with E-state index in [-0.39, 0.29) is 30.8 Å². The number of nitrogens with zero attached hydrogens (tertiary/aromatic N) is 1. The van der Waals surface area contributed by atoms with E-state index in [1.165, 1.54) is 0 Å². The van der Waals surface area contributed by atoms with Gasteiger partial charge in [0, 0.05) is 0 Å². The Balaban J connectivity index is 1.32. The van der Waals surface area contributed by atoms with Gasteiger partial charge in [-0.2, -0.15) is 0 Å². The molecule has 0 radical (unpaired) electrons. The maximum Gasteiger partial charge on any atom is 0.239 e. The van der Waals surface area contributed by atoms with Crippen LogP contribution in [0.4, 0.5) is 0 Å². The average Bonchev–Trinajstić information content (AvgIpc) is 3.17. The number of carbonyl (C=O) groups excluding carboxylic acids is 2. The van der Waals surface area contributed by atoms with Crippen LogP contribution in [0.2, 0.25) is 0 Å². The van der Waals surface area contributed by atoms with Gasteiger partial charge in [-0.25, -0.2) is 4.98 Å². The molecule has 1 aromatic heterocycles. The third-order valence-electron chi connectivity index (χ3n) is 4.87. The van der Waals surface area contributed by atoms with E-state index in [2.05, 4.69) is 20.6 Å². The topological polar surface area (TPSA) is 86.9 Å². The maximum absolute atomic E-state index is 12.3. The molecule has 0 aliphatic carbocycles. The molecule has 2 amide bonds. The second-order valence-corrected chi connectivity index (χ2v) is 7.02. The zero-order chi connectivity index (χ0) is 20.2. The Labute approximate surface area is 168 Å². The number of hydrogen-bond donors (Lipinski definition) is 3. The lowest BCUT2D eigenvalue weighted by Crippen LogP contribution is -2.38. The highest BCUT2D eigenvalue weighted by Crippen LogP contribution is 2.19. The van der Waals surface area contributed by atoms with Crippen molar-refractivity contribution in [1.82, 2.24) is 20.6 Å². The largest absolute Gasteiger partial charge is 0.347 e. The summed E-state index contributed by atoms with van der Waals surface area (Å²) in [6.45, 7) is 1.78. The standard InChI is InChI=1S/C23H22N4O2/c1-15(23-26-19-11-4-5-12-20(19)27-23)25-22(29)14-24-21(28)13-17-9-6-8-16-7-2-3-10-18(16)17/h2-12,15H,13-14H2,1H3,(H,24,28)(H,25,29)(H,26,27). The van der Waals surface area contributed by atoms with Crippen molar-refractivity contribution in [2.24, 2.45) is 0 Å². The highest BCUT2D eigenvalue weighted by atomic mass is 16.2. The van der Waals surface area contributed by atoms with Gasteiger partial charge in [0.05, 0.1) is 30.0 Å². The summed E-state index contributed by atoms with van der Waals surface area (Å²) in [5, 5.41) is 7.70. The highest BCUT2D eigenvalue weighted by molar-refractivity contribution is 5.91. The fourth-order valence-corrected chi connectivity index (χ4v) is 3.40. The second-order valence-electron chi connectivity index (χ2n) is 7.02. The van der Waals surface area contributed by atoms with E-state index in [1.54, 1.807) is 0 Å². The second kappa shape index (κ2) is 8.14. The fraction of sp³-hybridized carbons (Fsp3) is 0.174. The Morgan fingerprint density at radius 2 is 1.72 bits per heavy atom. The minimum absolute atomic E-state index is 0.0752. The normalized spacial score (nSPS) is 12.0. The Morgan fingerprint density at radius 3 is 2.59 bits per heavy atom. The number of amides is 2. The summed E-state index contributed by atoms with van der Waals surface area (Å²) in [5.74, 6) is 0.235. The van der Waals surface area contributed by atoms with E-state index in [0.29, 0.717) is 5.82 Å². The number of imidazole rings is 1. The van der Waals surface area contributed by atoms with Crippen LogP contribution in [0.3, 0.4) is 0 Å². The molecule has 3 aromatic carbocycles. The van der Waals surface area contributed by atoms with Crippen molar-refractivity contribution in [2.45, 2.75) is 19.4 Å². The van der Waals surface area contributed by atoms with Gasteiger partial charge in [0.15, 0.2) is 0 Å². The first kappa shape index (κ1) is 18.7. The Bertz CT molecular complexity index is 1140. The highest BCUT2D eigenvalue weighted by Gasteiger charge is 2.14. The van der Waals surface area contributed by atoms with Crippen LogP contribution in [0.5, 0.6) is 0 Å². The third-order valence-corrected chi connectivity index (χ3v) is 4.87. The predicted molar refractivity (Wildman–Crippen MR) is 113 cm³/mol. The molecule has 146 valence electrons. The lowest BCUT2D eigenvalue weighted by atomic mass is 10.0. The third kappa shape index (κ3) is 4.27. The van der Waals surface area contributed by atoms with Gasteiger partial charge in [-0.1, -0.05) is 54.6 Å². The number of aromatic amines is 1. The summed E-state index contributed by atoms with van der Waals surface area (Å²) in [6.07, 6.45) is 0.230. The minimum Gasteiger partial charge on any atom is -0.347 e. The number of carbonyl (C=O) groups is 2. The predicted octanol–water partition coefficient (Wildman–Crippen LogP) is 3.25. The van der Waals surface area contributed by atoms with Crippen LogP contribution in [0.15, 0.2) is 66.7 Å². The fourth-order valence-electron chi connectivity index (χ4n) is 3.40. The number of fused-ring (bicyclic) bond motifs is 2. The van der Waals surface area contributed by atoms with Gasteiger partial charge in [-0.05, 0) is 35.4 Å². The molecule has 0 fully saturated rings. The molecule has 6 heteroatoms. The van der Waals surface area contributed by atoms with Gasteiger partial charge in [-0.3, -0.25) is 9.59 Å². The molecule has 4 rings (SSSR count). The van der Waals surface area contributed by atoms with E-state index in [4.69, 9.17) is 0 Å². The SMILES string of the molecule is CC(NC(=O)CNC(=O)Cc1cccc2ccccc12)c1nc2ccccc2[nH]1. The van der Waals surface area contributed by atoms with Gasteiger partial charge in [-0.15, -0.1) is 0 Å². The van der Waals surface area contributed by atoms with Crippen molar-refractivity contribution < 1.29 is 9.59 Å². The first-order valence-electron chi connectivity index (χ1n) is 9.57. The van der Waals surface area contributed by atoms with E-state index >= 15 is 0 Å². The lowest BCUT2D eigenvalue weighted by molar-refractivity contribution is -0.126. The quantitative estimate of drug-likeness (QED) is 0.475. The van der Waals surface area contributed by atoms with E-state index in [9.17, 15) is 9.59 Å². The van der Waals surface area contributed by atoms with Gasteiger partial charge in [0.25, 0.3) is 0 Å². The number of benzene rings is 3. The van der Waals surface area contributed by atoms with Gasteiger partial charge < -0.3 is 15.6 Å². The molecule has 1 atom stereocenters. The Kier molecular flexibility index (Phi) is 5.24. The summed E-state index contributed by atoms with van der Waals surface area (Å²) < 4.78 is 0. The molecule has 0 bridgehead atoms. The molecule has 0 aliphatic rings. The van der Waals surface area contributed by atoms with Gasteiger partial charge in [0.1, 0.15) is 5.82 Å². The maximum atomic E-state index is 12.3. The molecule has 4 aromatic rings. The van der Waals surface area contributed by atoms with Gasteiger partial charge in [0.2, 0.25) is 11.8 Å². The molecule has 0 saturated heterocycles. The van der Waals surface area contributed by atoms with Crippen molar-refractivity contribution >= 4 is 33.6 Å². The smallest absolute Gasteiger partial charge is 0.239 e. The molecule has 0 spiro atoms. The van der Waals surface area contributed by atoms with Crippen LogP contribution in [0, 0.1) is 0 Å². The Morgan fingerprint density at radius 1 is 0.966 bits per heavy atom. The minimum atomic E-state index is -0.287. The molecule has 1 heterocycles. The van der Waals surface area contributed by atoms with Crippen molar-refractivity contribution in [3.63, 3.8) is 0 Å². The van der Waals surface area contributed by atoms with E-state index in [1.807, 2.05) is 73.7 Å². The van der Waals surface area contributed by atoms with Crippen LogP contribution >= 0.6 is 0 Å². The summed E-state index contributed by atoms with van der Waals surface area (Å²) in [6, 6.07) is 21.2. The van der Waals surface area contributed by atoms with Crippen molar-refractivity contribution in [2.75, 3.05) is 6.54 Å². The van der Waals surface area contributed by atoms with Crippen molar-refractivity contribution in [1.29, 1.82) is 0 Å². The van der Waals surface area contributed by atoms with Crippen LogP contribution in [-0.4, -0.2) is 28.3 Å². The van der Waals surface area contributed by atoms with E-state index < -0.39 is 0 Å². The number of aromatic nitrogens is 2. The molecule has 0 saturated carbocycles. The molecular formula is C23H22N4O2. The molecule has 3 N–H and O–H groups in total. The van der Waals surface area contributed by atoms with Crippen LogP contribution in [0.1, 0.15) is 24.4 Å². The monoisotopic (exact) mass is 386 g/mol. The number of nitrogens with one attached hydrogen (secondary N) is 3. The van der Waals surface area contributed by atoms with Crippen molar-refractivity contribution in [3.05, 3.63) is 78.1 Å². The first-order valence-corrected chi connectivity index (χ1v) is 9.57. The molecule has 0 aliphatic heterocycles. The average molecular weight is 386 g/mol. The first-order chi connectivity index (χ1) is 14.1. The summed E-state index contributed by atoms with van der Waals surface area (Å²) in [4.78, 5) is 32.3. The zero-order valence-electron chi connectivity index (χ0n) is 16.1. The molecule has 6 nitrogen and oxygen atoms in total. The summed E-state index contributed by atoms with van der Waals surface area (Å²) in [7, 11) is 0. The van der Waals surface area contributed by atoms with E-state index in [0.717, 1.165) is 27.4 Å². The zero-order valence-corrected chi connectivity index (χ0v) is 16.1. The number of rotatable bonds is 6. The van der Waals surface area contributed by atoms with Crippen LogP contribution in [0.25, 0.3) is 21.8 Å². The lowest BCUT2D eigenvalue weighted by Gasteiger charge is -2.12. The molecule has 29 heavy (non-hydrogen) atoms. The summed E-state index contributed by atoms with van der Waals surface area (Å²) >= 11 is 0. The number of H-pyrrole nitrogens is 1. The molecule has 1 unspecified atom stereocenters. The molecular weight excluding hydrogens is 364 g/mol. The Hall–Kier alpha value is -3.67. The van der Waals surface area contributed by atoms with Gasteiger partial charge >= 0.3 is 0 Å². The number of hydrogen-bond acceptors (Lipinski definition) is 3. The summed E-state index contributed by atoms with van der Waals surface area (Å²) in [5.41, 5.74) is 2.72. The van der Waals surface area contributed by atoms with Crippen LogP contribution < -0.4 is 10.6 Å². The van der Waals surface area contributed by atoms with Crippen molar-refractivity contribution in [3.8, 4) is 0 Å².